The molecule has 0 unspecified atom stereocenters. The van der Waals surface area contributed by atoms with Crippen molar-refractivity contribution in [2.45, 2.75) is 50.6 Å². The molecule has 1 aliphatic carbocycles. The lowest BCUT2D eigenvalue weighted by atomic mass is 9.91. The third-order valence-corrected chi connectivity index (χ3v) is 7.98. The van der Waals surface area contributed by atoms with E-state index in [0.29, 0.717) is 16.8 Å². The number of ether oxygens (including phenoxy) is 2. The molecule has 2 aliphatic rings. The Morgan fingerprint density at radius 3 is 2.49 bits per heavy atom. The fraction of sp³-hybridized carbons (Fsp3) is 0.600. The number of aromatic nitrogens is 2. The van der Waals surface area contributed by atoms with Crippen LogP contribution in [0.25, 0.3) is 0 Å². The number of nitrogens with one attached hydrogen (secondary N) is 3. The Kier molecular flexibility index (Phi) is 9.46. The lowest BCUT2D eigenvalue weighted by molar-refractivity contribution is 0.150. The van der Waals surface area contributed by atoms with Crippen LogP contribution in [0.3, 0.4) is 0 Å². The van der Waals surface area contributed by atoms with Gasteiger partial charge in [0, 0.05) is 38.8 Å². The van der Waals surface area contributed by atoms with E-state index in [2.05, 4.69) is 42.4 Å². The fourth-order valence-corrected chi connectivity index (χ4v) is 6.03. The van der Waals surface area contributed by atoms with E-state index in [9.17, 15) is 8.42 Å². The lowest BCUT2D eigenvalue weighted by Gasteiger charge is -2.32. The number of sulfonamides is 1. The van der Waals surface area contributed by atoms with Crippen molar-refractivity contribution >= 4 is 39.1 Å². The average molecular weight is 553 g/mol. The largest absolute Gasteiger partial charge is 0.495 e. The molecule has 10 nitrogen and oxygen atoms in total. The number of fused-ring (bicyclic) bond motifs is 1. The summed E-state index contributed by atoms with van der Waals surface area (Å²) in [5.41, 5.74) is 3.34. The number of hydrogen-bond acceptors (Lipinski definition) is 9. The average Bonchev–Trinajstić information content (AvgIpc) is 3.06. The first kappa shape index (κ1) is 27.8. The van der Waals surface area contributed by atoms with Gasteiger partial charge in [-0.2, -0.15) is 4.98 Å². The van der Waals surface area contributed by atoms with Crippen LogP contribution < -0.4 is 20.1 Å². The lowest BCUT2D eigenvalue weighted by Crippen LogP contribution is -2.48. The molecule has 1 aromatic carbocycles. The highest BCUT2D eigenvalue weighted by Crippen LogP contribution is 2.33. The summed E-state index contributed by atoms with van der Waals surface area (Å²) < 4.78 is 37.4. The number of anilines is 3. The molecule has 0 bridgehead atoms. The Morgan fingerprint density at radius 1 is 1.11 bits per heavy atom. The summed E-state index contributed by atoms with van der Waals surface area (Å²) in [7, 11) is 0.0609. The van der Waals surface area contributed by atoms with Gasteiger partial charge in [-0.05, 0) is 48.9 Å². The molecule has 2 aromatic rings. The summed E-state index contributed by atoms with van der Waals surface area (Å²) in [6.07, 6.45) is 8.16. The van der Waals surface area contributed by atoms with E-state index in [1.54, 1.807) is 20.4 Å². The molecule has 3 N–H and O–H groups in total. The molecule has 0 saturated heterocycles. The van der Waals surface area contributed by atoms with Crippen LogP contribution in [0.5, 0.6) is 5.75 Å². The number of benzene rings is 1. The van der Waals surface area contributed by atoms with Crippen LogP contribution in [0, 0.1) is 0 Å². The van der Waals surface area contributed by atoms with Gasteiger partial charge >= 0.3 is 0 Å². The summed E-state index contributed by atoms with van der Waals surface area (Å²) in [6.45, 7) is 3.60. The molecule has 204 valence electrons. The van der Waals surface area contributed by atoms with Crippen molar-refractivity contribution in [3.8, 4) is 5.75 Å². The zero-order valence-electron chi connectivity index (χ0n) is 21.7. The molecule has 1 fully saturated rings. The highest BCUT2D eigenvalue weighted by molar-refractivity contribution is 7.88. The Hall–Kier alpha value is -2.18. The van der Waals surface area contributed by atoms with E-state index in [1.807, 2.05) is 0 Å². The van der Waals surface area contributed by atoms with Crippen LogP contribution in [-0.4, -0.2) is 82.1 Å². The van der Waals surface area contributed by atoms with Gasteiger partial charge in [0.25, 0.3) is 0 Å². The van der Waals surface area contributed by atoms with E-state index < -0.39 is 10.0 Å². The molecule has 1 saturated carbocycles. The van der Waals surface area contributed by atoms with Crippen LogP contribution in [0.1, 0.15) is 36.8 Å². The SMILES string of the molecule is COCCN1CCc2cc(Nc3ncc(Cl)c(N[C@H]4CCCC[C@H]4NS(C)(=O)=O)n3)c(OC)cc2CC1. The van der Waals surface area contributed by atoms with Gasteiger partial charge in [-0.15, -0.1) is 0 Å². The maximum absolute atomic E-state index is 11.8. The summed E-state index contributed by atoms with van der Waals surface area (Å²) in [6, 6.07) is 3.87. The van der Waals surface area contributed by atoms with Crippen molar-refractivity contribution < 1.29 is 17.9 Å². The van der Waals surface area contributed by atoms with E-state index in [1.165, 1.54) is 17.4 Å². The molecular formula is C25H37ClN6O4S. The molecule has 0 amide bonds. The highest BCUT2D eigenvalue weighted by atomic mass is 35.5. The van der Waals surface area contributed by atoms with E-state index in [4.69, 9.17) is 21.1 Å². The zero-order chi connectivity index (χ0) is 26.4. The third kappa shape index (κ3) is 7.67. The second kappa shape index (κ2) is 12.6. The summed E-state index contributed by atoms with van der Waals surface area (Å²) in [4.78, 5) is 11.4. The molecule has 0 spiro atoms. The van der Waals surface area contributed by atoms with Crippen LogP contribution in [-0.2, 0) is 27.6 Å². The predicted molar refractivity (Wildman–Crippen MR) is 147 cm³/mol. The van der Waals surface area contributed by atoms with E-state index in [0.717, 1.165) is 76.2 Å². The summed E-state index contributed by atoms with van der Waals surface area (Å²) >= 11 is 6.43. The van der Waals surface area contributed by atoms with Crippen LogP contribution in [0.15, 0.2) is 18.3 Å². The molecule has 1 aromatic heterocycles. The summed E-state index contributed by atoms with van der Waals surface area (Å²) in [5.74, 6) is 1.57. The predicted octanol–water partition coefficient (Wildman–Crippen LogP) is 3.20. The minimum Gasteiger partial charge on any atom is -0.495 e. The Balaban J connectivity index is 1.51. The standard InChI is InChI=1S/C25H37ClN6O4S/c1-35-13-12-32-10-8-17-14-22(23(36-2)15-18(17)9-11-32)29-25-27-16-19(26)24(30-25)28-20-6-4-5-7-21(20)31-37(3,33)34/h14-16,20-21,31H,4-13H2,1-3H3,(H2,27,28,29,30)/t20-,21+/m0/s1. The van der Waals surface area contributed by atoms with Gasteiger partial charge in [-0.25, -0.2) is 18.1 Å². The van der Waals surface area contributed by atoms with Crippen LogP contribution in [0.4, 0.5) is 17.5 Å². The van der Waals surface area contributed by atoms with E-state index in [-0.39, 0.29) is 12.1 Å². The first-order chi connectivity index (χ1) is 17.8. The number of halogens is 1. The highest BCUT2D eigenvalue weighted by Gasteiger charge is 2.28. The molecule has 12 heteroatoms. The van der Waals surface area contributed by atoms with Crippen molar-refractivity contribution in [3.63, 3.8) is 0 Å². The second-order valence-electron chi connectivity index (χ2n) is 9.70. The van der Waals surface area contributed by atoms with Gasteiger partial charge in [0.05, 0.1) is 31.9 Å². The quantitative estimate of drug-likeness (QED) is 0.408. The second-order valence-corrected chi connectivity index (χ2v) is 11.9. The molecule has 2 atom stereocenters. The maximum atomic E-state index is 11.8. The topological polar surface area (TPSA) is 118 Å². The first-order valence-electron chi connectivity index (χ1n) is 12.7. The zero-order valence-corrected chi connectivity index (χ0v) is 23.3. The van der Waals surface area contributed by atoms with Crippen molar-refractivity contribution in [2.24, 2.45) is 0 Å². The van der Waals surface area contributed by atoms with Gasteiger partial charge in [0.1, 0.15) is 10.8 Å². The van der Waals surface area contributed by atoms with Gasteiger partial charge < -0.3 is 25.0 Å². The van der Waals surface area contributed by atoms with Crippen molar-refractivity contribution in [1.82, 2.24) is 19.6 Å². The smallest absolute Gasteiger partial charge is 0.229 e. The fourth-order valence-electron chi connectivity index (χ4n) is 5.06. The minimum absolute atomic E-state index is 0.119. The van der Waals surface area contributed by atoms with Crippen molar-refractivity contribution in [2.75, 3.05) is 57.4 Å². The number of methoxy groups -OCH3 is 2. The van der Waals surface area contributed by atoms with Gasteiger partial charge in [-0.1, -0.05) is 24.4 Å². The Labute approximate surface area is 224 Å². The van der Waals surface area contributed by atoms with Crippen LogP contribution >= 0.6 is 11.6 Å². The molecule has 2 heterocycles. The maximum Gasteiger partial charge on any atom is 0.229 e. The Bertz CT molecular complexity index is 1180. The number of nitrogens with zero attached hydrogens (tertiary/aromatic N) is 3. The first-order valence-corrected chi connectivity index (χ1v) is 15.0. The molecule has 37 heavy (non-hydrogen) atoms. The van der Waals surface area contributed by atoms with Gasteiger partial charge in [0.2, 0.25) is 16.0 Å². The van der Waals surface area contributed by atoms with Crippen molar-refractivity contribution in [3.05, 3.63) is 34.5 Å². The molecular weight excluding hydrogens is 516 g/mol. The molecule has 0 radical (unpaired) electrons. The molecule has 1 aliphatic heterocycles. The van der Waals surface area contributed by atoms with Crippen LogP contribution in [0.2, 0.25) is 5.02 Å². The Morgan fingerprint density at radius 2 is 1.81 bits per heavy atom. The van der Waals surface area contributed by atoms with E-state index >= 15 is 0 Å². The summed E-state index contributed by atoms with van der Waals surface area (Å²) in [5, 5.41) is 7.04. The minimum atomic E-state index is -3.33. The van der Waals surface area contributed by atoms with Crippen molar-refractivity contribution in [1.29, 1.82) is 0 Å². The molecule has 4 rings (SSSR count). The number of hydrogen-bond donors (Lipinski definition) is 3. The number of rotatable bonds is 10. The monoisotopic (exact) mass is 552 g/mol. The third-order valence-electron chi connectivity index (χ3n) is 6.97. The van der Waals surface area contributed by atoms with Gasteiger partial charge in [-0.3, -0.25) is 0 Å². The normalized spacial score (nSPS) is 20.6. The van der Waals surface area contributed by atoms with Gasteiger partial charge in [0.15, 0.2) is 5.82 Å².